The lowest BCUT2D eigenvalue weighted by atomic mass is 10.3. The Morgan fingerprint density at radius 3 is 2.81 bits per heavy atom. The minimum absolute atomic E-state index is 0.0976. The van der Waals surface area contributed by atoms with E-state index >= 15 is 0 Å². The molecule has 2 rings (SSSR count). The van der Waals surface area contributed by atoms with Gasteiger partial charge in [0.1, 0.15) is 5.76 Å². The number of furan rings is 1. The molecule has 118 valence electrons. The minimum atomic E-state index is -0.451. The highest BCUT2D eigenvalue weighted by Gasteiger charge is 2.22. The Morgan fingerprint density at radius 2 is 2.10 bits per heavy atom. The van der Waals surface area contributed by atoms with Gasteiger partial charge in [-0.2, -0.15) is 0 Å². The van der Waals surface area contributed by atoms with Crippen molar-refractivity contribution in [3.8, 4) is 0 Å². The van der Waals surface area contributed by atoms with Crippen LogP contribution in [-0.4, -0.2) is 78.4 Å². The fraction of sp³-hybridized carbons (Fsp3) is 0.643. The summed E-state index contributed by atoms with van der Waals surface area (Å²) in [6, 6.07) is 3.44. The number of carbonyl (C=O) groups excluding carboxylic acids is 1. The molecular formula is C14H23N3O4. The first-order valence-corrected chi connectivity index (χ1v) is 7.16. The molecule has 1 aromatic rings. The molecule has 1 fully saturated rings. The summed E-state index contributed by atoms with van der Waals surface area (Å²) >= 11 is 0. The smallest absolute Gasteiger partial charge is 0.286 e. The fourth-order valence-corrected chi connectivity index (χ4v) is 2.54. The summed E-state index contributed by atoms with van der Waals surface area (Å²) in [5.41, 5.74) is 0. The maximum atomic E-state index is 11.5. The van der Waals surface area contributed by atoms with Crippen molar-refractivity contribution in [1.29, 1.82) is 0 Å². The van der Waals surface area contributed by atoms with Crippen LogP contribution in [0.1, 0.15) is 16.3 Å². The highest BCUT2D eigenvalue weighted by atomic mass is 16.4. The fourth-order valence-electron chi connectivity index (χ4n) is 2.54. The van der Waals surface area contributed by atoms with Gasteiger partial charge in [0.25, 0.3) is 5.91 Å². The minimum Gasteiger partial charge on any atom is -0.455 e. The van der Waals surface area contributed by atoms with Crippen LogP contribution in [0.3, 0.4) is 0 Å². The van der Waals surface area contributed by atoms with E-state index in [-0.39, 0.29) is 12.5 Å². The van der Waals surface area contributed by atoms with Gasteiger partial charge in [0.15, 0.2) is 5.76 Å². The molecule has 21 heavy (non-hydrogen) atoms. The molecule has 1 aromatic heterocycles. The van der Waals surface area contributed by atoms with Gasteiger partial charge in [-0.05, 0) is 12.1 Å². The molecule has 1 saturated heterocycles. The zero-order chi connectivity index (χ0) is 15.2. The first kappa shape index (κ1) is 16.0. The number of β-amino-alcohol motifs (C(OH)–C–C–N with tert-alkyl or cyclic N) is 2. The van der Waals surface area contributed by atoms with E-state index in [4.69, 9.17) is 9.52 Å². The number of aliphatic hydroxyl groups excluding tert-OH is 2. The number of carbonyl (C=O) groups is 1. The molecule has 0 radical (unpaired) electrons. The molecule has 1 aliphatic heterocycles. The van der Waals surface area contributed by atoms with Crippen molar-refractivity contribution in [2.75, 3.05) is 46.4 Å². The monoisotopic (exact) mass is 297 g/mol. The SMILES string of the molecule is CNC(=O)c1ccc(CN2CCN(CCO)C[C@@H](O)C2)o1. The summed E-state index contributed by atoms with van der Waals surface area (Å²) in [7, 11) is 1.56. The summed E-state index contributed by atoms with van der Waals surface area (Å²) in [6.45, 7) is 3.93. The maximum absolute atomic E-state index is 11.5. The number of amides is 1. The van der Waals surface area contributed by atoms with Gasteiger partial charge in [-0.3, -0.25) is 14.6 Å². The highest BCUT2D eigenvalue weighted by molar-refractivity contribution is 5.91. The van der Waals surface area contributed by atoms with Crippen molar-refractivity contribution in [3.05, 3.63) is 23.7 Å². The van der Waals surface area contributed by atoms with Crippen molar-refractivity contribution in [2.24, 2.45) is 0 Å². The normalized spacial score (nSPS) is 21.2. The maximum Gasteiger partial charge on any atom is 0.286 e. The van der Waals surface area contributed by atoms with Gasteiger partial charge < -0.3 is 19.9 Å². The Hall–Kier alpha value is -1.41. The molecule has 0 bridgehead atoms. The highest BCUT2D eigenvalue weighted by Crippen LogP contribution is 2.13. The molecule has 0 saturated carbocycles. The van der Waals surface area contributed by atoms with Crippen LogP contribution in [0.2, 0.25) is 0 Å². The van der Waals surface area contributed by atoms with Crippen LogP contribution in [0.15, 0.2) is 16.5 Å². The van der Waals surface area contributed by atoms with E-state index in [1.54, 1.807) is 19.2 Å². The van der Waals surface area contributed by atoms with Gasteiger partial charge in [-0.25, -0.2) is 0 Å². The lowest BCUT2D eigenvalue weighted by molar-refractivity contribution is 0.0920. The zero-order valence-corrected chi connectivity index (χ0v) is 12.3. The number of aliphatic hydroxyl groups is 2. The van der Waals surface area contributed by atoms with E-state index in [0.29, 0.717) is 37.7 Å². The second-order valence-corrected chi connectivity index (χ2v) is 5.26. The van der Waals surface area contributed by atoms with Gasteiger partial charge in [0.2, 0.25) is 0 Å². The third-order valence-corrected chi connectivity index (χ3v) is 3.58. The van der Waals surface area contributed by atoms with Gasteiger partial charge >= 0.3 is 0 Å². The molecule has 1 atom stereocenters. The molecule has 7 nitrogen and oxygen atoms in total. The predicted octanol–water partition coefficient (Wildman–Crippen LogP) is -0.890. The van der Waals surface area contributed by atoms with Gasteiger partial charge in [-0.15, -0.1) is 0 Å². The predicted molar refractivity (Wildman–Crippen MR) is 76.9 cm³/mol. The Balaban J connectivity index is 1.93. The van der Waals surface area contributed by atoms with Crippen molar-refractivity contribution in [3.63, 3.8) is 0 Å². The summed E-state index contributed by atoms with van der Waals surface area (Å²) in [4.78, 5) is 15.6. The third-order valence-electron chi connectivity index (χ3n) is 3.58. The lowest BCUT2D eigenvalue weighted by Gasteiger charge is -2.19. The number of nitrogens with zero attached hydrogens (tertiary/aromatic N) is 2. The molecule has 1 amide bonds. The average molecular weight is 297 g/mol. The van der Waals surface area contributed by atoms with Crippen molar-refractivity contribution in [1.82, 2.24) is 15.1 Å². The lowest BCUT2D eigenvalue weighted by Crippen LogP contribution is -2.34. The molecule has 7 heteroatoms. The molecule has 1 aliphatic rings. The molecular weight excluding hydrogens is 274 g/mol. The van der Waals surface area contributed by atoms with Gasteiger partial charge in [0, 0.05) is 39.8 Å². The Kier molecular flexibility index (Phi) is 5.75. The van der Waals surface area contributed by atoms with Crippen molar-refractivity contribution in [2.45, 2.75) is 12.6 Å². The third kappa shape index (κ3) is 4.53. The van der Waals surface area contributed by atoms with Crippen LogP contribution in [0.5, 0.6) is 0 Å². The zero-order valence-electron chi connectivity index (χ0n) is 12.3. The van der Waals surface area contributed by atoms with Crippen LogP contribution in [0.4, 0.5) is 0 Å². The van der Waals surface area contributed by atoms with Crippen LogP contribution in [0, 0.1) is 0 Å². The summed E-state index contributed by atoms with van der Waals surface area (Å²) < 4.78 is 5.50. The van der Waals surface area contributed by atoms with Crippen LogP contribution >= 0.6 is 0 Å². The van der Waals surface area contributed by atoms with E-state index in [1.807, 2.05) is 4.90 Å². The van der Waals surface area contributed by atoms with E-state index in [9.17, 15) is 9.90 Å². The average Bonchev–Trinajstić information content (AvgIpc) is 2.84. The standard InChI is InChI=1S/C14H23N3O4/c1-15-14(20)13-3-2-12(21-13)10-17-5-4-16(6-7-18)8-11(19)9-17/h2-3,11,18-19H,4-10H2,1H3,(H,15,20)/t11-/m1/s1. The topological polar surface area (TPSA) is 89.2 Å². The molecule has 0 aliphatic carbocycles. The number of nitrogens with one attached hydrogen (secondary N) is 1. The summed E-state index contributed by atoms with van der Waals surface area (Å²) in [6.07, 6.45) is -0.451. The molecule has 0 unspecified atom stereocenters. The summed E-state index contributed by atoms with van der Waals surface area (Å²) in [5.74, 6) is 0.757. The number of hydrogen-bond acceptors (Lipinski definition) is 6. The largest absolute Gasteiger partial charge is 0.455 e. The van der Waals surface area contributed by atoms with Crippen LogP contribution in [-0.2, 0) is 6.54 Å². The molecule has 2 heterocycles. The first-order chi connectivity index (χ1) is 10.1. The Morgan fingerprint density at radius 1 is 1.38 bits per heavy atom. The Bertz CT molecular complexity index is 463. The van der Waals surface area contributed by atoms with Gasteiger partial charge in [-0.1, -0.05) is 0 Å². The van der Waals surface area contributed by atoms with E-state index < -0.39 is 6.10 Å². The second-order valence-electron chi connectivity index (χ2n) is 5.26. The van der Waals surface area contributed by atoms with Crippen molar-refractivity contribution >= 4 is 5.91 Å². The molecule has 0 spiro atoms. The van der Waals surface area contributed by atoms with Crippen LogP contribution < -0.4 is 5.32 Å². The second kappa shape index (κ2) is 7.56. The van der Waals surface area contributed by atoms with E-state index in [1.165, 1.54) is 0 Å². The quantitative estimate of drug-likeness (QED) is 0.653. The van der Waals surface area contributed by atoms with Crippen LogP contribution in [0.25, 0.3) is 0 Å². The van der Waals surface area contributed by atoms with Crippen molar-refractivity contribution < 1.29 is 19.4 Å². The number of rotatable bonds is 5. The van der Waals surface area contributed by atoms with E-state index in [0.717, 1.165) is 13.1 Å². The Labute approximate surface area is 124 Å². The molecule has 3 N–H and O–H groups in total. The van der Waals surface area contributed by atoms with Gasteiger partial charge in [0.05, 0.1) is 19.3 Å². The van der Waals surface area contributed by atoms with E-state index in [2.05, 4.69) is 10.2 Å². The molecule has 0 aromatic carbocycles. The summed E-state index contributed by atoms with van der Waals surface area (Å²) in [5, 5.41) is 21.5. The first-order valence-electron chi connectivity index (χ1n) is 7.16. The number of hydrogen-bond donors (Lipinski definition) is 3.